The summed E-state index contributed by atoms with van der Waals surface area (Å²) in [6.45, 7) is 1.54. The van der Waals surface area contributed by atoms with Gasteiger partial charge in [0, 0.05) is 18.2 Å². The fourth-order valence-corrected chi connectivity index (χ4v) is 3.59. The first kappa shape index (κ1) is 15.1. The molecule has 0 unspecified atom stereocenters. The zero-order valence-electron chi connectivity index (χ0n) is 14.6. The average molecular weight is 352 g/mol. The number of aromatic nitrogens is 1. The summed E-state index contributed by atoms with van der Waals surface area (Å²) >= 11 is 0. The molecule has 26 heavy (non-hydrogen) atoms. The molecule has 0 spiro atoms. The average Bonchev–Trinajstić information content (AvgIpc) is 3.05. The Labute approximate surface area is 150 Å². The fraction of sp³-hybridized carbons (Fsp3) is 0.250. The van der Waals surface area contributed by atoms with Gasteiger partial charge in [0.2, 0.25) is 12.5 Å². The van der Waals surface area contributed by atoms with Crippen LogP contribution in [-0.2, 0) is 6.54 Å². The highest BCUT2D eigenvalue weighted by Crippen LogP contribution is 2.43. The molecule has 0 N–H and O–H groups in total. The molecule has 0 saturated heterocycles. The standard InChI is InChI=1S/C20H18NO5/c1-22-16-4-3-12-7-15-13-8-18-19(26-11-25-18)9-17(13)24-6-5-21(15)10-14(12)20(16)23-2/h3-4,7-10H,5-6,11H2,1-2H3/q+1. The highest BCUT2D eigenvalue weighted by molar-refractivity contribution is 5.92. The minimum Gasteiger partial charge on any atom is -0.493 e. The van der Waals surface area contributed by atoms with Crippen LogP contribution >= 0.6 is 0 Å². The normalized spacial score (nSPS) is 14.2. The molecule has 3 heterocycles. The van der Waals surface area contributed by atoms with Gasteiger partial charge in [0.25, 0.3) is 0 Å². The van der Waals surface area contributed by atoms with Crippen molar-refractivity contribution >= 4 is 10.8 Å². The molecule has 0 radical (unpaired) electrons. The van der Waals surface area contributed by atoms with Crippen LogP contribution in [-0.4, -0.2) is 27.6 Å². The molecular weight excluding hydrogens is 334 g/mol. The lowest BCUT2D eigenvalue weighted by Crippen LogP contribution is -2.37. The van der Waals surface area contributed by atoms with Crippen molar-refractivity contribution in [1.29, 1.82) is 0 Å². The van der Waals surface area contributed by atoms with Crippen molar-refractivity contribution in [2.45, 2.75) is 6.54 Å². The van der Waals surface area contributed by atoms with E-state index in [2.05, 4.69) is 16.8 Å². The van der Waals surface area contributed by atoms with Gasteiger partial charge in [-0.3, -0.25) is 0 Å². The van der Waals surface area contributed by atoms with Gasteiger partial charge in [0.1, 0.15) is 12.4 Å². The predicted molar refractivity (Wildman–Crippen MR) is 94.3 cm³/mol. The molecule has 0 amide bonds. The molecule has 6 nitrogen and oxygen atoms in total. The Morgan fingerprint density at radius 2 is 1.77 bits per heavy atom. The quantitative estimate of drug-likeness (QED) is 0.664. The smallest absolute Gasteiger partial charge is 0.231 e. The van der Waals surface area contributed by atoms with Crippen LogP contribution in [0.2, 0.25) is 0 Å². The van der Waals surface area contributed by atoms with Gasteiger partial charge in [-0.2, -0.15) is 4.57 Å². The van der Waals surface area contributed by atoms with Crippen LogP contribution in [0.1, 0.15) is 0 Å². The first-order valence-corrected chi connectivity index (χ1v) is 8.43. The van der Waals surface area contributed by atoms with Crippen molar-refractivity contribution in [1.82, 2.24) is 0 Å². The number of benzene rings is 2. The van der Waals surface area contributed by atoms with Crippen molar-refractivity contribution in [2.24, 2.45) is 0 Å². The zero-order chi connectivity index (χ0) is 17.7. The van der Waals surface area contributed by atoms with E-state index in [4.69, 9.17) is 23.7 Å². The third-order valence-electron chi connectivity index (χ3n) is 4.84. The van der Waals surface area contributed by atoms with Crippen molar-refractivity contribution in [3.05, 3.63) is 36.5 Å². The number of pyridine rings is 1. The molecule has 1 aromatic heterocycles. The molecule has 132 valence electrons. The number of hydrogen-bond acceptors (Lipinski definition) is 5. The lowest BCUT2D eigenvalue weighted by Gasteiger charge is -2.11. The van der Waals surface area contributed by atoms with E-state index in [1.807, 2.05) is 24.3 Å². The van der Waals surface area contributed by atoms with E-state index in [0.29, 0.717) is 12.4 Å². The Bertz CT molecular complexity index is 1030. The van der Waals surface area contributed by atoms with Gasteiger partial charge in [0.05, 0.1) is 25.2 Å². The molecule has 6 heteroatoms. The lowest BCUT2D eigenvalue weighted by molar-refractivity contribution is -0.684. The fourth-order valence-electron chi connectivity index (χ4n) is 3.59. The van der Waals surface area contributed by atoms with Gasteiger partial charge in [-0.1, -0.05) is 0 Å². The molecule has 0 saturated carbocycles. The van der Waals surface area contributed by atoms with E-state index >= 15 is 0 Å². The molecular formula is C20H18NO5+. The number of fused-ring (bicyclic) bond motifs is 5. The van der Waals surface area contributed by atoms with Crippen molar-refractivity contribution in [3.63, 3.8) is 0 Å². The molecule has 2 aliphatic rings. The van der Waals surface area contributed by atoms with E-state index < -0.39 is 0 Å². The van der Waals surface area contributed by atoms with Gasteiger partial charge in [-0.05, 0) is 17.5 Å². The van der Waals surface area contributed by atoms with Crippen LogP contribution < -0.4 is 28.3 Å². The number of methoxy groups -OCH3 is 2. The number of ether oxygens (including phenoxy) is 5. The van der Waals surface area contributed by atoms with Crippen molar-refractivity contribution in [2.75, 3.05) is 27.6 Å². The Morgan fingerprint density at radius 3 is 2.58 bits per heavy atom. The van der Waals surface area contributed by atoms with Gasteiger partial charge < -0.3 is 23.7 Å². The second-order valence-electron chi connectivity index (χ2n) is 6.21. The van der Waals surface area contributed by atoms with Crippen LogP contribution in [0.15, 0.2) is 36.5 Å². The minimum atomic E-state index is 0.243. The second-order valence-corrected chi connectivity index (χ2v) is 6.21. The molecule has 0 atom stereocenters. The molecule has 3 aromatic rings. The van der Waals surface area contributed by atoms with Crippen LogP contribution in [0.3, 0.4) is 0 Å². The molecule has 0 bridgehead atoms. The van der Waals surface area contributed by atoms with Crippen LogP contribution in [0, 0.1) is 0 Å². The summed E-state index contributed by atoms with van der Waals surface area (Å²) in [6, 6.07) is 10.0. The van der Waals surface area contributed by atoms with E-state index in [9.17, 15) is 0 Å². The molecule has 2 aliphatic heterocycles. The van der Waals surface area contributed by atoms with Gasteiger partial charge in [-0.15, -0.1) is 0 Å². The summed E-state index contributed by atoms with van der Waals surface area (Å²) in [4.78, 5) is 0. The van der Waals surface area contributed by atoms with Crippen LogP contribution in [0.5, 0.6) is 28.7 Å². The van der Waals surface area contributed by atoms with E-state index in [0.717, 1.165) is 51.6 Å². The van der Waals surface area contributed by atoms with Crippen LogP contribution in [0.4, 0.5) is 0 Å². The molecule has 5 rings (SSSR count). The summed E-state index contributed by atoms with van der Waals surface area (Å²) in [7, 11) is 3.31. The monoisotopic (exact) mass is 352 g/mol. The first-order valence-electron chi connectivity index (χ1n) is 8.43. The SMILES string of the molecule is COc1ccc2cc3[n+](cc2c1OC)CCOc1cc2c(cc1-3)OCO2. The predicted octanol–water partition coefficient (Wildman–Crippen LogP) is 2.93. The number of hydrogen-bond donors (Lipinski definition) is 0. The molecule has 0 aliphatic carbocycles. The Kier molecular flexibility index (Phi) is 3.31. The Morgan fingerprint density at radius 1 is 0.923 bits per heavy atom. The third kappa shape index (κ3) is 2.15. The van der Waals surface area contributed by atoms with E-state index in [1.165, 1.54) is 0 Å². The maximum atomic E-state index is 5.97. The first-order chi connectivity index (χ1) is 12.8. The summed E-state index contributed by atoms with van der Waals surface area (Å²) in [5.74, 6) is 3.73. The van der Waals surface area contributed by atoms with Gasteiger partial charge in [0.15, 0.2) is 35.7 Å². The summed E-state index contributed by atoms with van der Waals surface area (Å²) in [6.07, 6.45) is 2.09. The van der Waals surface area contributed by atoms with Gasteiger partial charge >= 0.3 is 0 Å². The maximum absolute atomic E-state index is 5.97. The van der Waals surface area contributed by atoms with Crippen LogP contribution in [0.25, 0.3) is 22.0 Å². The molecule has 2 aromatic carbocycles. The van der Waals surface area contributed by atoms with Gasteiger partial charge in [-0.25, -0.2) is 0 Å². The number of rotatable bonds is 2. The summed E-state index contributed by atoms with van der Waals surface area (Å²) in [5, 5.41) is 2.07. The second kappa shape index (κ2) is 5.69. The lowest BCUT2D eigenvalue weighted by atomic mass is 10.0. The zero-order valence-corrected chi connectivity index (χ0v) is 14.6. The minimum absolute atomic E-state index is 0.243. The summed E-state index contributed by atoms with van der Waals surface area (Å²) in [5.41, 5.74) is 2.05. The van der Waals surface area contributed by atoms with Crippen molar-refractivity contribution in [3.8, 4) is 40.0 Å². The molecule has 0 fully saturated rings. The maximum Gasteiger partial charge on any atom is 0.231 e. The highest BCUT2D eigenvalue weighted by atomic mass is 16.7. The Balaban J connectivity index is 1.77. The summed E-state index contributed by atoms with van der Waals surface area (Å²) < 4.78 is 30.2. The number of nitrogens with zero attached hydrogens (tertiary/aromatic N) is 1. The topological polar surface area (TPSA) is 50.0 Å². The Hall–Kier alpha value is -3.15. The van der Waals surface area contributed by atoms with E-state index in [1.54, 1.807) is 14.2 Å². The van der Waals surface area contributed by atoms with Crippen molar-refractivity contribution < 1.29 is 28.3 Å². The largest absolute Gasteiger partial charge is 0.493 e. The highest BCUT2D eigenvalue weighted by Gasteiger charge is 2.28. The van der Waals surface area contributed by atoms with E-state index in [-0.39, 0.29) is 6.79 Å². The third-order valence-corrected chi connectivity index (χ3v) is 4.84.